The van der Waals surface area contributed by atoms with Crippen molar-refractivity contribution in [1.82, 2.24) is 10.2 Å². The van der Waals surface area contributed by atoms with E-state index in [4.69, 9.17) is 5.73 Å². The smallest absolute Gasteiger partial charge is 0.335 e. The summed E-state index contributed by atoms with van der Waals surface area (Å²) in [7, 11) is 0. The van der Waals surface area contributed by atoms with Crippen LogP contribution in [-0.2, 0) is 9.59 Å². The molecule has 0 saturated carbocycles. The first-order valence-corrected chi connectivity index (χ1v) is 12.6. The molecular formula is C26H31N3O6S. The first-order valence-electron chi connectivity index (χ1n) is 11.5. The Bertz CT molecular complexity index is 1130. The van der Waals surface area contributed by atoms with Crippen molar-refractivity contribution in [3.63, 3.8) is 0 Å². The van der Waals surface area contributed by atoms with Crippen LogP contribution in [0.4, 0.5) is 0 Å². The molecule has 1 saturated heterocycles. The lowest BCUT2D eigenvalue weighted by molar-refractivity contribution is -0.147. The number of hydrogen-bond acceptors (Lipinski definition) is 7. The van der Waals surface area contributed by atoms with E-state index in [9.17, 15) is 29.4 Å². The number of nitrogens with zero attached hydrogens (tertiary/aromatic N) is 1. The molecule has 2 amide bonds. The molecule has 2 aromatic rings. The van der Waals surface area contributed by atoms with Crippen molar-refractivity contribution in [2.75, 3.05) is 11.6 Å². The van der Waals surface area contributed by atoms with Crippen LogP contribution in [0.5, 0.6) is 0 Å². The molecule has 1 aliphatic rings. The fourth-order valence-corrected chi connectivity index (χ4v) is 5.20. The summed E-state index contributed by atoms with van der Waals surface area (Å²) in [5.74, 6) is -3.91. The third-order valence-corrected chi connectivity index (χ3v) is 6.84. The maximum absolute atomic E-state index is 13.6. The highest BCUT2D eigenvalue weighted by atomic mass is 32.2. The fraction of sp³-hybridized carbons (Fsp3) is 0.385. The van der Waals surface area contributed by atoms with Crippen molar-refractivity contribution in [3.8, 4) is 0 Å². The Labute approximate surface area is 214 Å². The van der Waals surface area contributed by atoms with E-state index >= 15 is 0 Å². The fourth-order valence-electron chi connectivity index (χ4n) is 4.04. The Morgan fingerprint density at radius 3 is 2.31 bits per heavy atom. The van der Waals surface area contributed by atoms with Crippen molar-refractivity contribution < 1.29 is 29.4 Å². The molecule has 1 heterocycles. The van der Waals surface area contributed by atoms with Crippen LogP contribution >= 0.6 is 11.8 Å². The van der Waals surface area contributed by atoms with Crippen molar-refractivity contribution in [1.29, 1.82) is 0 Å². The third-order valence-electron chi connectivity index (χ3n) is 5.83. The van der Waals surface area contributed by atoms with Gasteiger partial charge in [0.25, 0.3) is 5.91 Å². The Morgan fingerprint density at radius 1 is 1.06 bits per heavy atom. The number of hydrogen-bond donors (Lipinski definition) is 4. The van der Waals surface area contributed by atoms with E-state index in [0.717, 1.165) is 0 Å². The molecule has 192 valence electrons. The number of benzene rings is 2. The largest absolute Gasteiger partial charge is 0.478 e. The van der Waals surface area contributed by atoms with E-state index in [-0.39, 0.29) is 22.9 Å². The molecule has 10 heteroatoms. The molecule has 1 aliphatic heterocycles. The number of aromatic carboxylic acids is 1. The zero-order valence-corrected chi connectivity index (χ0v) is 21.2. The first-order chi connectivity index (χ1) is 16.9. The van der Waals surface area contributed by atoms with Gasteiger partial charge in [-0.2, -0.15) is 0 Å². The highest BCUT2D eigenvalue weighted by molar-refractivity contribution is 7.99. The lowest BCUT2D eigenvalue weighted by atomic mass is 9.82. The van der Waals surface area contributed by atoms with Gasteiger partial charge >= 0.3 is 5.97 Å². The average molecular weight is 514 g/mol. The van der Waals surface area contributed by atoms with Crippen LogP contribution in [0.1, 0.15) is 53.1 Å². The molecular weight excluding hydrogens is 482 g/mol. The Kier molecular flexibility index (Phi) is 8.55. The zero-order valence-electron chi connectivity index (χ0n) is 20.4. The summed E-state index contributed by atoms with van der Waals surface area (Å²) in [4.78, 5) is 52.6. The molecule has 0 spiro atoms. The molecule has 2 aromatic carbocycles. The summed E-state index contributed by atoms with van der Waals surface area (Å²) < 4.78 is 0. The molecule has 0 aliphatic carbocycles. The summed E-state index contributed by atoms with van der Waals surface area (Å²) in [5.41, 5.74) is 6.35. The minimum atomic E-state index is -1.86. The second kappa shape index (κ2) is 11.2. The van der Waals surface area contributed by atoms with Crippen molar-refractivity contribution >= 4 is 35.3 Å². The van der Waals surface area contributed by atoms with Crippen LogP contribution in [0.15, 0.2) is 54.6 Å². The van der Waals surface area contributed by atoms with Crippen LogP contribution in [0.2, 0.25) is 0 Å². The van der Waals surface area contributed by atoms with Gasteiger partial charge in [-0.1, -0.05) is 42.5 Å². The van der Waals surface area contributed by atoms with Crippen LogP contribution in [0, 0.1) is 5.92 Å². The second-order valence-electron chi connectivity index (χ2n) is 9.72. The predicted octanol–water partition coefficient (Wildman–Crippen LogP) is 2.06. The number of carbonyl (C=O) groups excluding carboxylic acids is 3. The highest BCUT2D eigenvalue weighted by Crippen LogP contribution is 2.30. The zero-order chi connectivity index (χ0) is 26.6. The standard InChI is InChI=1S/C26H31N3O6S/c1-26(2,3)28-23(32)18-13-36-14-29(18)24(33)22(31)19(20(27)15-8-5-4-6-9-15)21(30)16-10-7-11-17(12-16)25(34)35/h4-12,18-20,22,31H,13-14,27H2,1-3H3,(H,28,32)(H,34,35)/t18-,19?,20?,22?/m0/s1. The van der Waals surface area contributed by atoms with Gasteiger partial charge in [0.05, 0.1) is 17.4 Å². The van der Waals surface area contributed by atoms with Gasteiger partial charge in [-0.3, -0.25) is 14.4 Å². The quantitative estimate of drug-likeness (QED) is 0.392. The number of carboxylic acid groups (broad SMARTS) is 1. The molecule has 0 aromatic heterocycles. The molecule has 1 fully saturated rings. The van der Waals surface area contributed by atoms with Crippen LogP contribution < -0.4 is 11.1 Å². The topological polar surface area (TPSA) is 150 Å². The van der Waals surface area contributed by atoms with Gasteiger partial charge in [0, 0.05) is 22.9 Å². The lowest BCUT2D eigenvalue weighted by Crippen LogP contribution is -2.56. The van der Waals surface area contributed by atoms with Crippen molar-refractivity contribution in [3.05, 3.63) is 71.3 Å². The molecule has 3 rings (SSSR count). The molecule has 9 nitrogen and oxygen atoms in total. The third kappa shape index (κ3) is 6.31. The van der Waals surface area contributed by atoms with Crippen LogP contribution in [-0.4, -0.2) is 68.0 Å². The van der Waals surface area contributed by atoms with Crippen LogP contribution in [0.3, 0.4) is 0 Å². The number of thioether (sulfide) groups is 1. The number of ketones is 1. The second-order valence-corrected chi connectivity index (χ2v) is 10.7. The van der Waals surface area contributed by atoms with E-state index in [1.54, 1.807) is 30.3 Å². The van der Waals surface area contributed by atoms with E-state index in [1.807, 2.05) is 20.8 Å². The first kappa shape index (κ1) is 27.4. The summed E-state index contributed by atoms with van der Waals surface area (Å²) >= 11 is 1.37. The number of rotatable bonds is 8. The summed E-state index contributed by atoms with van der Waals surface area (Å²) in [6.07, 6.45) is -1.86. The number of aliphatic hydroxyl groups excluding tert-OH is 1. The van der Waals surface area contributed by atoms with Gasteiger partial charge in [0.15, 0.2) is 5.78 Å². The number of amides is 2. The molecule has 5 N–H and O–H groups in total. The van der Waals surface area contributed by atoms with Gasteiger partial charge in [-0.05, 0) is 38.5 Å². The SMILES string of the molecule is CC(C)(C)NC(=O)[C@@H]1CSCN1C(=O)C(O)C(C(=O)c1cccc(C(=O)O)c1)C(N)c1ccccc1. The number of carboxylic acids is 1. The van der Waals surface area contributed by atoms with Gasteiger partial charge < -0.3 is 26.2 Å². The predicted molar refractivity (Wildman–Crippen MR) is 136 cm³/mol. The highest BCUT2D eigenvalue weighted by Gasteiger charge is 2.44. The van der Waals surface area contributed by atoms with Gasteiger partial charge in [-0.15, -0.1) is 11.8 Å². The number of Topliss-reactive ketones (excluding diaryl/α,β-unsaturated/α-hetero) is 1. The summed E-state index contributed by atoms with van der Waals surface area (Å²) in [6.45, 7) is 5.48. The van der Waals surface area contributed by atoms with E-state index in [0.29, 0.717) is 11.3 Å². The maximum Gasteiger partial charge on any atom is 0.335 e. The van der Waals surface area contributed by atoms with Crippen molar-refractivity contribution in [2.24, 2.45) is 11.7 Å². The van der Waals surface area contributed by atoms with E-state index in [1.165, 1.54) is 40.9 Å². The van der Waals surface area contributed by atoms with Gasteiger partial charge in [0.2, 0.25) is 5.91 Å². The van der Waals surface area contributed by atoms with Gasteiger partial charge in [-0.25, -0.2) is 4.79 Å². The Balaban J connectivity index is 1.96. The average Bonchev–Trinajstić information content (AvgIpc) is 3.33. The molecule has 0 radical (unpaired) electrons. The lowest BCUT2D eigenvalue weighted by Gasteiger charge is -2.32. The van der Waals surface area contributed by atoms with E-state index < -0.39 is 47.3 Å². The van der Waals surface area contributed by atoms with E-state index in [2.05, 4.69) is 5.32 Å². The van der Waals surface area contributed by atoms with Crippen LogP contribution in [0.25, 0.3) is 0 Å². The van der Waals surface area contributed by atoms with Gasteiger partial charge in [0.1, 0.15) is 12.1 Å². The molecule has 3 unspecified atom stereocenters. The number of nitrogens with one attached hydrogen (secondary N) is 1. The molecule has 0 bridgehead atoms. The number of carbonyl (C=O) groups is 4. The molecule has 36 heavy (non-hydrogen) atoms. The monoisotopic (exact) mass is 513 g/mol. The Morgan fingerprint density at radius 2 is 1.69 bits per heavy atom. The minimum absolute atomic E-state index is 0.0101. The number of aliphatic hydroxyl groups is 1. The molecule has 4 atom stereocenters. The van der Waals surface area contributed by atoms with Crippen molar-refractivity contribution in [2.45, 2.75) is 44.5 Å². The Hall–Kier alpha value is -3.21. The summed E-state index contributed by atoms with van der Waals surface area (Å²) in [6, 6.07) is 12.1. The minimum Gasteiger partial charge on any atom is -0.478 e. The maximum atomic E-state index is 13.6. The number of nitrogens with two attached hydrogens (primary N) is 1. The summed E-state index contributed by atoms with van der Waals surface area (Å²) in [5, 5.41) is 23.4. The normalized spacial score (nSPS) is 18.2.